The minimum absolute atomic E-state index is 0.0300. The van der Waals surface area contributed by atoms with Gasteiger partial charge in [0.05, 0.1) is 25.4 Å². The molecule has 0 aliphatic rings. The quantitative estimate of drug-likeness (QED) is 0.0321. The van der Waals surface area contributed by atoms with Gasteiger partial charge in [0.25, 0.3) is 0 Å². The van der Waals surface area contributed by atoms with E-state index in [1.807, 2.05) is 6.08 Å². The fourth-order valence-corrected chi connectivity index (χ4v) is 9.54. The topological polar surface area (TPSA) is 95.9 Å². The monoisotopic (exact) mass is 996 g/mol. The first-order valence-electron chi connectivity index (χ1n) is 31.4. The molecule has 0 aliphatic heterocycles. The predicted molar refractivity (Wildman–Crippen MR) is 310 cm³/mol. The summed E-state index contributed by atoms with van der Waals surface area (Å²) in [4.78, 5) is 24.5. The van der Waals surface area contributed by atoms with Crippen LogP contribution in [0.5, 0.6) is 0 Å². The summed E-state index contributed by atoms with van der Waals surface area (Å²) in [5.74, 6) is -0.144. The zero-order valence-corrected chi connectivity index (χ0v) is 47.5. The number of rotatable bonds is 58. The van der Waals surface area contributed by atoms with Gasteiger partial charge in [-0.15, -0.1) is 0 Å². The Morgan fingerprint density at radius 3 is 1.11 bits per heavy atom. The molecule has 0 rings (SSSR count). The van der Waals surface area contributed by atoms with E-state index in [1.54, 1.807) is 0 Å². The molecule has 0 bridgehead atoms. The predicted octanol–water partition coefficient (Wildman–Crippen LogP) is 19.7. The highest BCUT2D eigenvalue weighted by molar-refractivity contribution is 5.76. The minimum atomic E-state index is -0.702. The van der Waals surface area contributed by atoms with E-state index in [0.717, 1.165) is 64.2 Å². The average molecular weight is 997 g/mol. The third-order valence-corrected chi connectivity index (χ3v) is 14.4. The molecule has 3 N–H and O–H groups in total. The fourth-order valence-electron chi connectivity index (χ4n) is 9.54. The Kier molecular flexibility index (Phi) is 58.5. The molecule has 71 heavy (non-hydrogen) atoms. The van der Waals surface area contributed by atoms with Gasteiger partial charge in [-0.3, -0.25) is 9.59 Å². The van der Waals surface area contributed by atoms with Gasteiger partial charge >= 0.3 is 5.97 Å². The Labute approximate surface area is 442 Å². The molecule has 2 unspecified atom stereocenters. The summed E-state index contributed by atoms with van der Waals surface area (Å²) in [6, 6.07) is -0.589. The molecular weight excluding hydrogens is 875 g/mol. The molecule has 0 aromatic rings. The highest BCUT2D eigenvalue weighted by Gasteiger charge is 2.20. The molecule has 0 saturated heterocycles. The number of ether oxygens (including phenoxy) is 1. The van der Waals surface area contributed by atoms with Crippen molar-refractivity contribution in [1.29, 1.82) is 0 Å². The van der Waals surface area contributed by atoms with Gasteiger partial charge in [0.15, 0.2) is 0 Å². The zero-order chi connectivity index (χ0) is 51.4. The maximum absolute atomic E-state index is 12.5. The Balaban J connectivity index is 3.53. The van der Waals surface area contributed by atoms with Gasteiger partial charge in [-0.2, -0.15) is 0 Å². The molecule has 6 nitrogen and oxygen atoms in total. The lowest BCUT2D eigenvalue weighted by molar-refractivity contribution is -0.143. The van der Waals surface area contributed by atoms with E-state index >= 15 is 0 Å². The zero-order valence-electron chi connectivity index (χ0n) is 47.5. The van der Waals surface area contributed by atoms with Crippen LogP contribution in [0.4, 0.5) is 0 Å². The normalized spacial score (nSPS) is 12.9. The molecule has 0 aliphatic carbocycles. The largest absolute Gasteiger partial charge is 0.466 e. The van der Waals surface area contributed by atoms with Crippen LogP contribution in [0.2, 0.25) is 0 Å². The molecule has 0 saturated carbocycles. The molecule has 1 amide bonds. The molecule has 0 aromatic carbocycles. The van der Waals surface area contributed by atoms with Crippen LogP contribution in [-0.2, 0) is 14.3 Å². The van der Waals surface area contributed by atoms with Crippen LogP contribution in [0, 0.1) is 0 Å². The van der Waals surface area contributed by atoms with E-state index in [0.29, 0.717) is 32.3 Å². The number of carbonyl (C=O) groups is 2. The molecule has 2 atom stereocenters. The summed E-state index contributed by atoms with van der Waals surface area (Å²) in [6.45, 7) is 4.88. The van der Waals surface area contributed by atoms with Crippen molar-refractivity contribution in [2.45, 2.75) is 341 Å². The van der Waals surface area contributed by atoms with E-state index in [1.165, 1.54) is 225 Å². The van der Waals surface area contributed by atoms with Crippen molar-refractivity contribution in [1.82, 2.24) is 5.32 Å². The number of amides is 1. The Morgan fingerprint density at radius 1 is 0.394 bits per heavy atom. The molecule has 0 aromatic heterocycles. The smallest absolute Gasteiger partial charge is 0.305 e. The summed E-state index contributed by atoms with van der Waals surface area (Å²) in [5, 5.41) is 23.3. The lowest BCUT2D eigenvalue weighted by Gasteiger charge is -2.22. The van der Waals surface area contributed by atoms with Crippen molar-refractivity contribution in [3.63, 3.8) is 0 Å². The van der Waals surface area contributed by atoms with Crippen LogP contribution in [0.25, 0.3) is 0 Å². The Hall–Kier alpha value is -2.18. The van der Waals surface area contributed by atoms with Gasteiger partial charge in [-0.25, -0.2) is 0 Å². The summed E-state index contributed by atoms with van der Waals surface area (Å²) in [7, 11) is 0. The van der Waals surface area contributed by atoms with Crippen LogP contribution in [-0.4, -0.2) is 47.4 Å². The number of esters is 1. The van der Waals surface area contributed by atoms with Crippen molar-refractivity contribution in [3.05, 3.63) is 48.6 Å². The van der Waals surface area contributed by atoms with Crippen molar-refractivity contribution >= 4 is 11.9 Å². The number of hydrogen-bond donors (Lipinski definition) is 3. The first-order valence-corrected chi connectivity index (χ1v) is 31.4. The Morgan fingerprint density at radius 2 is 0.718 bits per heavy atom. The first-order chi connectivity index (χ1) is 35.0. The van der Waals surface area contributed by atoms with Gasteiger partial charge < -0.3 is 20.3 Å². The van der Waals surface area contributed by atoms with Gasteiger partial charge in [-0.1, -0.05) is 287 Å². The second kappa shape index (κ2) is 60.4. The highest BCUT2D eigenvalue weighted by Crippen LogP contribution is 2.17. The van der Waals surface area contributed by atoms with E-state index in [2.05, 4.69) is 61.7 Å². The van der Waals surface area contributed by atoms with Crippen molar-refractivity contribution < 1.29 is 24.5 Å². The van der Waals surface area contributed by atoms with E-state index in [4.69, 9.17) is 4.74 Å². The number of aliphatic hydroxyl groups excluding tert-OH is 2. The van der Waals surface area contributed by atoms with Crippen molar-refractivity contribution in [2.24, 2.45) is 0 Å². The lowest BCUT2D eigenvalue weighted by atomic mass is 10.0. The van der Waals surface area contributed by atoms with Crippen molar-refractivity contribution in [2.75, 3.05) is 13.2 Å². The van der Waals surface area contributed by atoms with Crippen LogP contribution in [0.1, 0.15) is 328 Å². The standard InChI is InChI=1S/C65H121NO5/c1-3-5-7-9-11-13-15-17-19-21-22-23-24-25-26-27-28-29-30-33-37-41-45-49-53-57-63(68)62(61-67)66-64(69)58-54-50-46-42-38-34-32-36-40-44-48-52-56-60-71-65(70)59-55-51-47-43-39-35-31-20-18-16-14-12-10-8-6-4-2/h14,16,20,31,34,38,46,50,62-63,67-68H,3-13,15,17-19,21-30,32-33,35-37,39-45,47-49,51-61H2,1-2H3,(H,66,69)/b16-14-,31-20-,38-34-,50-46-. The SMILES string of the molecule is CCCCCC/C=C\C/C=C\CCCCCCCC(=O)OCCCCCCCC/C=C\C/C=C\CCC(=O)NC(CO)C(O)CCCCCCCCCCCCCCCCCCCCCCCCCCC. The number of allylic oxidation sites excluding steroid dienone is 8. The molecule has 0 spiro atoms. The number of carbonyl (C=O) groups excluding carboxylic acids is 2. The van der Waals surface area contributed by atoms with Crippen molar-refractivity contribution in [3.8, 4) is 0 Å². The fraction of sp³-hybridized carbons (Fsp3) is 0.846. The maximum Gasteiger partial charge on any atom is 0.305 e. The molecule has 0 heterocycles. The minimum Gasteiger partial charge on any atom is -0.466 e. The molecule has 6 heteroatoms. The highest BCUT2D eigenvalue weighted by atomic mass is 16.5. The summed E-state index contributed by atoms with van der Waals surface area (Å²) in [6.07, 6.45) is 77.0. The van der Waals surface area contributed by atoms with Crippen LogP contribution < -0.4 is 5.32 Å². The van der Waals surface area contributed by atoms with E-state index < -0.39 is 12.1 Å². The number of nitrogens with one attached hydrogen (secondary N) is 1. The lowest BCUT2D eigenvalue weighted by Crippen LogP contribution is -2.45. The number of hydrogen-bond acceptors (Lipinski definition) is 5. The van der Waals surface area contributed by atoms with Gasteiger partial charge in [-0.05, 0) is 77.0 Å². The third-order valence-electron chi connectivity index (χ3n) is 14.4. The third kappa shape index (κ3) is 57.0. The number of aliphatic hydroxyl groups is 2. The molecule has 0 radical (unpaired) electrons. The van der Waals surface area contributed by atoms with Gasteiger partial charge in [0.1, 0.15) is 0 Å². The molecule has 0 fully saturated rings. The van der Waals surface area contributed by atoms with Crippen LogP contribution in [0.3, 0.4) is 0 Å². The Bertz CT molecular complexity index is 1190. The van der Waals surface area contributed by atoms with E-state index in [-0.39, 0.29) is 18.5 Å². The second-order valence-electron chi connectivity index (χ2n) is 21.4. The van der Waals surface area contributed by atoms with Gasteiger partial charge in [0.2, 0.25) is 5.91 Å². The number of unbranched alkanes of at least 4 members (excludes halogenated alkanes) is 39. The van der Waals surface area contributed by atoms with Crippen LogP contribution >= 0.6 is 0 Å². The van der Waals surface area contributed by atoms with Crippen LogP contribution in [0.15, 0.2) is 48.6 Å². The average Bonchev–Trinajstić information content (AvgIpc) is 3.37. The molecular formula is C65H121NO5. The second-order valence-corrected chi connectivity index (χ2v) is 21.4. The maximum atomic E-state index is 12.5. The van der Waals surface area contributed by atoms with Gasteiger partial charge in [0, 0.05) is 12.8 Å². The summed E-state index contributed by atoms with van der Waals surface area (Å²) >= 11 is 0. The molecule has 416 valence electrons. The first kappa shape index (κ1) is 68.8. The summed E-state index contributed by atoms with van der Waals surface area (Å²) < 4.78 is 5.46. The van der Waals surface area contributed by atoms with E-state index in [9.17, 15) is 19.8 Å². The summed E-state index contributed by atoms with van der Waals surface area (Å²) in [5.41, 5.74) is 0.